The Bertz CT molecular complexity index is 309. The molecule has 1 rings (SSSR count). The highest BCUT2D eigenvalue weighted by Crippen LogP contribution is 2.10. The minimum atomic E-state index is 0.287. The van der Waals surface area contributed by atoms with Crippen LogP contribution in [-0.4, -0.2) is 29.0 Å². The van der Waals surface area contributed by atoms with Crippen LogP contribution >= 0.6 is 0 Å². The Morgan fingerprint density at radius 3 is 2.82 bits per heavy atom. The van der Waals surface area contributed by atoms with Crippen LogP contribution < -0.4 is 5.32 Å². The predicted molar refractivity (Wildman–Crippen MR) is 70.0 cm³/mol. The number of ether oxygens (including phenoxy) is 1. The predicted octanol–water partition coefficient (Wildman–Crippen LogP) is 2.37. The number of hydrogen-bond acceptors (Lipinski definition) is 3. The van der Waals surface area contributed by atoms with Gasteiger partial charge in [-0.3, -0.25) is 4.68 Å². The third-order valence-electron chi connectivity index (χ3n) is 2.63. The van der Waals surface area contributed by atoms with Crippen molar-refractivity contribution in [1.82, 2.24) is 15.1 Å². The third-order valence-corrected chi connectivity index (χ3v) is 2.63. The first-order valence-electron chi connectivity index (χ1n) is 6.50. The second kappa shape index (κ2) is 7.45. The maximum Gasteiger partial charge on any atom is 0.0666 e. The van der Waals surface area contributed by atoms with Crippen molar-refractivity contribution in [3.63, 3.8) is 0 Å². The maximum atomic E-state index is 5.50. The Balaban J connectivity index is 2.36. The number of aromatic nitrogens is 2. The Kier molecular flexibility index (Phi) is 6.22. The summed E-state index contributed by atoms with van der Waals surface area (Å²) in [4.78, 5) is 0. The molecule has 0 aromatic carbocycles. The van der Waals surface area contributed by atoms with E-state index in [1.165, 1.54) is 5.56 Å². The molecule has 1 N–H and O–H groups in total. The Morgan fingerprint density at radius 2 is 2.18 bits per heavy atom. The van der Waals surface area contributed by atoms with Crippen molar-refractivity contribution in [3.8, 4) is 0 Å². The molecule has 0 bridgehead atoms. The molecule has 98 valence electrons. The fraction of sp³-hybridized carbons (Fsp3) is 0.769. The van der Waals surface area contributed by atoms with Gasteiger partial charge in [-0.25, -0.2) is 0 Å². The summed E-state index contributed by atoms with van der Waals surface area (Å²) in [5, 5.41) is 7.79. The first kappa shape index (κ1) is 14.2. The molecular weight excluding hydrogens is 214 g/mol. The number of hydrogen-bond donors (Lipinski definition) is 1. The van der Waals surface area contributed by atoms with Crippen molar-refractivity contribution in [2.45, 2.75) is 52.8 Å². The van der Waals surface area contributed by atoms with E-state index in [-0.39, 0.29) is 6.10 Å². The lowest BCUT2D eigenvalue weighted by atomic mass is 10.2. The van der Waals surface area contributed by atoms with Gasteiger partial charge in [0.1, 0.15) is 0 Å². The molecule has 1 aromatic heterocycles. The van der Waals surface area contributed by atoms with E-state index in [1.807, 2.05) is 24.7 Å². The number of nitrogens with zero attached hydrogens (tertiary/aromatic N) is 2. The fourth-order valence-electron chi connectivity index (χ4n) is 1.59. The lowest BCUT2D eigenvalue weighted by Crippen LogP contribution is -2.18. The molecule has 0 aliphatic carbocycles. The van der Waals surface area contributed by atoms with E-state index >= 15 is 0 Å². The van der Waals surface area contributed by atoms with Gasteiger partial charge in [-0.05, 0) is 33.7 Å². The van der Waals surface area contributed by atoms with Gasteiger partial charge in [0.05, 0.1) is 25.5 Å². The van der Waals surface area contributed by atoms with E-state index in [9.17, 15) is 0 Å². The smallest absolute Gasteiger partial charge is 0.0666 e. The molecule has 1 aromatic rings. The summed E-state index contributed by atoms with van der Waals surface area (Å²) in [5.74, 6) is 0. The van der Waals surface area contributed by atoms with Crippen LogP contribution in [0.15, 0.2) is 12.4 Å². The minimum absolute atomic E-state index is 0.287. The van der Waals surface area contributed by atoms with E-state index < -0.39 is 0 Å². The highest BCUT2D eigenvalue weighted by Gasteiger charge is 2.06. The molecule has 0 fully saturated rings. The van der Waals surface area contributed by atoms with Crippen LogP contribution in [0.4, 0.5) is 0 Å². The fourth-order valence-corrected chi connectivity index (χ4v) is 1.59. The lowest BCUT2D eigenvalue weighted by Gasteiger charge is -2.10. The Hall–Kier alpha value is -0.870. The summed E-state index contributed by atoms with van der Waals surface area (Å²) in [7, 11) is 0. The first-order valence-corrected chi connectivity index (χ1v) is 6.50. The molecule has 0 saturated carbocycles. The van der Waals surface area contributed by atoms with Crippen molar-refractivity contribution in [1.29, 1.82) is 0 Å². The summed E-state index contributed by atoms with van der Waals surface area (Å²) in [6, 6.07) is 0.370. The highest BCUT2D eigenvalue weighted by atomic mass is 16.5. The Morgan fingerprint density at radius 1 is 1.41 bits per heavy atom. The molecule has 4 heteroatoms. The van der Waals surface area contributed by atoms with Crippen molar-refractivity contribution >= 4 is 0 Å². The van der Waals surface area contributed by atoms with Gasteiger partial charge < -0.3 is 10.1 Å². The standard InChI is InChI=1S/C13H25N3O/c1-5-6-14-12(4)13-9-15-16(10-13)7-8-17-11(2)3/h9-12,14H,5-8H2,1-4H3. The third kappa shape index (κ3) is 5.33. The molecule has 0 aliphatic heterocycles. The maximum absolute atomic E-state index is 5.50. The van der Waals surface area contributed by atoms with E-state index in [4.69, 9.17) is 4.74 Å². The van der Waals surface area contributed by atoms with E-state index in [1.54, 1.807) is 0 Å². The van der Waals surface area contributed by atoms with Gasteiger partial charge in [-0.15, -0.1) is 0 Å². The van der Waals surface area contributed by atoms with Crippen LogP contribution in [0.1, 0.15) is 45.7 Å². The van der Waals surface area contributed by atoms with E-state index in [0.29, 0.717) is 6.04 Å². The van der Waals surface area contributed by atoms with Crippen LogP contribution in [-0.2, 0) is 11.3 Å². The largest absolute Gasteiger partial charge is 0.377 e. The summed E-state index contributed by atoms with van der Waals surface area (Å²) < 4.78 is 7.45. The van der Waals surface area contributed by atoms with Gasteiger partial charge >= 0.3 is 0 Å². The normalized spacial score (nSPS) is 13.2. The van der Waals surface area contributed by atoms with Crippen LogP contribution in [0.25, 0.3) is 0 Å². The summed E-state index contributed by atoms with van der Waals surface area (Å²) in [5.41, 5.74) is 1.24. The van der Waals surface area contributed by atoms with Gasteiger partial charge in [0.2, 0.25) is 0 Å². The minimum Gasteiger partial charge on any atom is -0.377 e. The molecule has 0 aliphatic rings. The average molecular weight is 239 g/mol. The van der Waals surface area contributed by atoms with Crippen LogP contribution in [0.2, 0.25) is 0 Å². The van der Waals surface area contributed by atoms with Crippen LogP contribution in [0.5, 0.6) is 0 Å². The second-order valence-corrected chi connectivity index (χ2v) is 4.63. The first-order chi connectivity index (χ1) is 8.13. The van der Waals surface area contributed by atoms with Crippen LogP contribution in [0, 0.1) is 0 Å². The molecular formula is C13H25N3O. The molecule has 0 saturated heterocycles. The van der Waals surface area contributed by atoms with Gasteiger partial charge in [-0.2, -0.15) is 5.10 Å². The summed E-state index contributed by atoms with van der Waals surface area (Å²) in [6.07, 6.45) is 5.47. The zero-order valence-corrected chi connectivity index (χ0v) is 11.4. The van der Waals surface area contributed by atoms with Crippen molar-refractivity contribution in [2.75, 3.05) is 13.2 Å². The molecule has 0 spiro atoms. The monoisotopic (exact) mass is 239 g/mol. The van der Waals surface area contributed by atoms with Crippen molar-refractivity contribution < 1.29 is 4.74 Å². The van der Waals surface area contributed by atoms with Crippen LogP contribution in [0.3, 0.4) is 0 Å². The molecule has 1 unspecified atom stereocenters. The highest BCUT2D eigenvalue weighted by molar-refractivity contribution is 5.09. The van der Waals surface area contributed by atoms with Gasteiger partial charge in [0.15, 0.2) is 0 Å². The number of nitrogens with one attached hydrogen (secondary N) is 1. The van der Waals surface area contributed by atoms with E-state index in [2.05, 4.69) is 30.5 Å². The lowest BCUT2D eigenvalue weighted by molar-refractivity contribution is 0.0709. The van der Waals surface area contributed by atoms with Gasteiger partial charge in [0.25, 0.3) is 0 Å². The number of rotatable bonds is 8. The Labute approximate surface area is 104 Å². The zero-order chi connectivity index (χ0) is 12.7. The van der Waals surface area contributed by atoms with Gasteiger partial charge in [-0.1, -0.05) is 6.92 Å². The van der Waals surface area contributed by atoms with Gasteiger partial charge in [0, 0.05) is 17.8 Å². The molecule has 17 heavy (non-hydrogen) atoms. The molecule has 0 amide bonds. The molecule has 1 heterocycles. The topological polar surface area (TPSA) is 39.1 Å². The molecule has 0 radical (unpaired) electrons. The average Bonchev–Trinajstić information content (AvgIpc) is 2.74. The summed E-state index contributed by atoms with van der Waals surface area (Å²) >= 11 is 0. The second-order valence-electron chi connectivity index (χ2n) is 4.63. The zero-order valence-electron chi connectivity index (χ0n) is 11.4. The van der Waals surface area contributed by atoms with Crippen molar-refractivity contribution in [2.24, 2.45) is 0 Å². The van der Waals surface area contributed by atoms with Crippen molar-refractivity contribution in [3.05, 3.63) is 18.0 Å². The summed E-state index contributed by atoms with van der Waals surface area (Å²) in [6.45, 7) is 11.0. The van der Waals surface area contributed by atoms with E-state index in [0.717, 1.165) is 26.1 Å². The molecule has 1 atom stereocenters. The SMILES string of the molecule is CCCNC(C)c1cnn(CCOC(C)C)c1. The quantitative estimate of drug-likeness (QED) is 0.757. The molecule has 4 nitrogen and oxygen atoms in total.